The highest BCUT2D eigenvalue weighted by atomic mass is 16.7. The maximum Gasteiger partial charge on any atom is 0.408 e. The fourth-order valence-corrected chi connectivity index (χ4v) is 2.76. The lowest BCUT2D eigenvalue weighted by Crippen LogP contribution is -2.65. The van der Waals surface area contributed by atoms with Gasteiger partial charge in [0.15, 0.2) is 0 Å². The number of ether oxygens (including phenoxy) is 1. The van der Waals surface area contributed by atoms with Crippen molar-refractivity contribution in [2.24, 2.45) is 5.92 Å². The lowest BCUT2D eigenvalue weighted by Gasteiger charge is -2.45. The Kier molecular flexibility index (Phi) is 5.93. The van der Waals surface area contributed by atoms with Gasteiger partial charge in [-0.25, -0.2) is 9.59 Å². The zero-order chi connectivity index (χ0) is 19.5. The van der Waals surface area contributed by atoms with Crippen molar-refractivity contribution in [3.63, 3.8) is 0 Å². The molecule has 26 heavy (non-hydrogen) atoms. The number of aliphatic hydroxyl groups is 1. The van der Waals surface area contributed by atoms with E-state index in [4.69, 9.17) is 9.57 Å². The van der Waals surface area contributed by atoms with Crippen LogP contribution in [0.2, 0.25) is 0 Å². The highest BCUT2D eigenvalue weighted by Gasteiger charge is 2.45. The number of hydroxylamine groups is 2. The first-order valence-electron chi connectivity index (χ1n) is 8.73. The molecule has 1 aromatic rings. The van der Waals surface area contributed by atoms with E-state index >= 15 is 0 Å². The number of rotatable bonds is 3. The van der Waals surface area contributed by atoms with E-state index in [9.17, 15) is 14.7 Å². The standard InChI is InChI=1S/C19H28N2O5/c1-13-11-21(26-16(22)14-9-7-6-8-10-14)12-15(19(13,5)24)20-17(23)25-18(2,3)4/h6-10,13,15,24H,11-12H2,1-5H3,(H,20,23)/t13-,15+,19+/m0/s1. The highest BCUT2D eigenvalue weighted by molar-refractivity contribution is 5.89. The molecular formula is C19H28N2O5. The van der Waals surface area contributed by atoms with Crippen LogP contribution in [0.15, 0.2) is 30.3 Å². The van der Waals surface area contributed by atoms with Gasteiger partial charge < -0.3 is 20.0 Å². The van der Waals surface area contributed by atoms with Crippen LogP contribution >= 0.6 is 0 Å². The van der Waals surface area contributed by atoms with Gasteiger partial charge in [0.05, 0.1) is 23.8 Å². The van der Waals surface area contributed by atoms with Crippen LogP contribution in [0.4, 0.5) is 4.79 Å². The first-order chi connectivity index (χ1) is 12.0. The minimum atomic E-state index is -1.16. The van der Waals surface area contributed by atoms with Crippen LogP contribution in [0.5, 0.6) is 0 Å². The zero-order valence-electron chi connectivity index (χ0n) is 16.0. The monoisotopic (exact) mass is 364 g/mol. The predicted molar refractivity (Wildman–Crippen MR) is 96.4 cm³/mol. The summed E-state index contributed by atoms with van der Waals surface area (Å²) in [6.07, 6.45) is -0.619. The minimum absolute atomic E-state index is 0.162. The van der Waals surface area contributed by atoms with Crippen molar-refractivity contribution in [1.29, 1.82) is 0 Å². The highest BCUT2D eigenvalue weighted by Crippen LogP contribution is 2.28. The quantitative estimate of drug-likeness (QED) is 0.856. The number of hydrogen-bond acceptors (Lipinski definition) is 6. The van der Waals surface area contributed by atoms with Crippen LogP contribution in [-0.2, 0) is 9.57 Å². The molecule has 144 valence electrons. The van der Waals surface area contributed by atoms with Crippen molar-refractivity contribution in [3.8, 4) is 0 Å². The Balaban J connectivity index is 2.05. The second-order valence-electron chi connectivity index (χ2n) is 7.92. The van der Waals surface area contributed by atoms with Gasteiger partial charge >= 0.3 is 12.1 Å². The summed E-state index contributed by atoms with van der Waals surface area (Å²) in [6.45, 7) is 9.32. The molecule has 0 spiro atoms. The minimum Gasteiger partial charge on any atom is -0.444 e. The van der Waals surface area contributed by atoms with Crippen LogP contribution in [0.1, 0.15) is 45.0 Å². The second kappa shape index (κ2) is 7.63. The molecule has 0 radical (unpaired) electrons. The van der Waals surface area contributed by atoms with Crippen molar-refractivity contribution in [3.05, 3.63) is 35.9 Å². The number of piperidine rings is 1. The lowest BCUT2D eigenvalue weighted by molar-refractivity contribution is -0.182. The molecule has 1 aromatic carbocycles. The molecule has 0 aliphatic carbocycles. The summed E-state index contributed by atoms with van der Waals surface area (Å²) in [5, 5.41) is 14.9. The normalized spacial score (nSPS) is 26.8. The zero-order valence-corrected chi connectivity index (χ0v) is 16.0. The molecule has 2 rings (SSSR count). The molecule has 0 bridgehead atoms. The summed E-state index contributed by atoms with van der Waals surface area (Å²) >= 11 is 0. The number of nitrogens with zero attached hydrogens (tertiary/aromatic N) is 1. The molecule has 0 saturated carbocycles. The van der Waals surface area contributed by atoms with Crippen molar-refractivity contribution in [2.75, 3.05) is 13.1 Å². The van der Waals surface area contributed by atoms with Gasteiger partial charge in [0.25, 0.3) is 0 Å². The molecule has 1 fully saturated rings. The number of benzene rings is 1. The molecule has 7 heteroatoms. The van der Waals surface area contributed by atoms with Crippen molar-refractivity contribution in [2.45, 2.75) is 51.9 Å². The summed E-state index contributed by atoms with van der Waals surface area (Å²) in [7, 11) is 0. The Morgan fingerprint density at radius 3 is 2.42 bits per heavy atom. The Morgan fingerprint density at radius 2 is 1.85 bits per heavy atom. The van der Waals surface area contributed by atoms with Gasteiger partial charge in [-0.2, -0.15) is 0 Å². The summed E-state index contributed by atoms with van der Waals surface area (Å²) in [6, 6.07) is 8.02. The Morgan fingerprint density at radius 1 is 1.23 bits per heavy atom. The second-order valence-corrected chi connectivity index (χ2v) is 7.92. The molecule has 7 nitrogen and oxygen atoms in total. The number of alkyl carbamates (subject to hydrolysis) is 1. The Labute approximate surface area is 154 Å². The third kappa shape index (κ3) is 5.19. The van der Waals surface area contributed by atoms with Crippen molar-refractivity contribution < 1.29 is 24.3 Å². The third-order valence-corrected chi connectivity index (χ3v) is 4.48. The van der Waals surface area contributed by atoms with Gasteiger partial charge in [-0.05, 0) is 39.8 Å². The van der Waals surface area contributed by atoms with Crippen LogP contribution in [-0.4, -0.2) is 52.6 Å². The number of amides is 1. The van der Waals surface area contributed by atoms with E-state index in [1.165, 1.54) is 5.06 Å². The number of hydrogen-bond donors (Lipinski definition) is 2. The van der Waals surface area contributed by atoms with Crippen LogP contribution in [0.3, 0.4) is 0 Å². The number of nitrogens with one attached hydrogen (secondary N) is 1. The van der Waals surface area contributed by atoms with E-state index in [0.717, 1.165) is 0 Å². The van der Waals surface area contributed by atoms with Gasteiger partial charge in [0.2, 0.25) is 0 Å². The topological polar surface area (TPSA) is 88.1 Å². The molecular weight excluding hydrogens is 336 g/mol. The van der Waals surface area contributed by atoms with Crippen molar-refractivity contribution >= 4 is 12.1 Å². The summed E-state index contributed by atoms with van der Waals surface area (Å²) in [5.41, 5.74) is -1.36. The van der Waals surface area contributed by atoms with E-state index in [2.05, 4.69) is 5.32 Å². The van der Waals surface area contributed by atoms with Gasteiger partial charge in [0, 0.05) is 12.5 Å². The van der Waals surface area contributed by atoms with Gasteiger partial charge in [-0.3, -0.25) is 0 Å². The van der Waals surface area contributed by atoms with Crippen LogP contribution in [0, 0.1) is 5.92 Å². The average Bonchev–Trinajstić information content (AvgIpc) is 2.51. The lowest BCUT2D eigenvalue weighted by atomic mass is 9.80. The van der Waals surface area contributed by atoms with Crippen LogP contribution < -0.4 is 5.32 Å². The number of carbonyl (C=O) groups is 2. The first kappa shape index (κ1) is 20.2. The summed E-state index contributed by atoms with van der Waals surface area (Å²) < 4.78 is 5.27. The van der Waals surface area contributed by atoms with Gasteiger partial charge in [-0.1, -0.05) is 25.1 Å². The molecule has 2 N–H and O–H groups in total. The molecule has 1 aliphatic rings. The Hall–Kier alpha value is -2.12. The maximum absolute atomic E-state index is 12.3. The summed E-state index contributed by atoms with van der Waals surface area (Å²) in [5.74, 6) is -0.713. The molecule has 0 unspecified atom stereocenters. The summed E-state index contributed by atoms with van der Waals surface area (Å²) in [4.78, 5) is 29.8. The molecule has 0 aromatic heterocycles. The van der Waals surface area contributed by atoms with Gasteiger partial charge in [-0.15, -0.1) is 5.06 Å². The molecule has 1 aliphatic heterocycles. The van der Waals surface area contributed by atoms with E-state index in [1.807, 2.05) is 13.0 Å². The van der Waals surface area contributed by atoms with Gasteiger partial charge in [0.1, 0.15) is 5.60 Å². The van der Waals surface area contributed by atoms with E-state index < -0.39 is 29.3 Å². The van der Waals surface area contributed by atoms with Crippen LogP contribution in [0.25, 0.3) is 0 Å². The molecule has 1 amide bonds. The largest absolute Gasteiger partial charge is 0.444 e. The fourth-order valence-electron chi connectivity index (χ4n) is 2.76. The molecule has 1 heterocycles. The number of carbonyl (C=O) groups excluding carboxylic acids is 2. The average molecular weight is 364 g/mol. The fraction of sp³-hybridized carbons (Fsp3) is 0.579. The smallest absolute Gasteiger partial charge is 0.408 e. The SMILES string of the molecule is C[C@H]1CN(OC(=O)c2ccccc2)C[C@@H](NC(=O)OC(C)(C)C)[C@]1(C)O. The van der Waals surface area contributed by atoms with E-state index in [-0.39, 0.29) is 12.5 Å². The third-order valence-electron chi connectivity index (χ3n) is 4.48. The maximum atomic E-state index is 12.3. The first-order valence-corrected chi connectivity index (χ1v) is 8.73. The Bertz CT molecular complexity index is 639. The predicted octanol–water partition coefficient (Wildman–Crippen LogP) is 2.35. The van der Waals surface area contributed by atoms with Crippen molar-refractivity contribution in [1.82, 2.24) is 10.4 Å². The molecule has 1 saturated heterocycles. The van der Waals surface area contributed by atoms with E-state index in [1.54, 1.807) is 52.0 Å². The molecule has 3 atom stereocenters. The van der Waals surface area contributed by atoms with E-state index in [0.29, 0.717) is 12.1 Å².